The quantitative estimate of drug-likeness (QED) is 0.236. The maximum Gasteiger partial charge on any atom is 0.221 e. The Labute approximate surface area is 193 Å². The molecule has 0 bridgehead atoms. The first kappa shape index (κ1) is 18.5. The summed E-state index contributed by atoms with van der Waals surface area (Å²) in [6.45, 7) is 4.34. The molecule has 4 heterocycles. The van der Waals surface area contributed by atoms with E-state index in [0.717, 1.165) is 0 Å². The highest BCUT2D eigenvalue weighted by molar-refractivity contribution is 5.94. The van der Waals surface area contributed by atoms with E-state index in [4.69, 9.17) is 0 Å². The van der Waals surface area contributed by atoms with E-state index in [1.165, 1.54) is 44.4 Å². The monoisotopic (exact) mass is 424 g/mol. The molecular weight excluding hydrogens is 400 g/mol. The van der Waals surface area contributed by atoms with E-state index in [0.29, 0.717) is 0 Å². The Morgan fingerprint density at radius 2 is 1.36 bits per heavy atom. The predicted octanol–water partition coefficient (Wildman–Crippen LogP) is 6.18. The molecule has 2 aromatic heterocycles. The summed E-state index contributed by atoms with van der Waals surface area (Å²) in [6.07, 6.45) is 6.64. The van der Waals surface area contributed by atoms with Gasteiger partial charge in [-0.1, -0.05) is 61.2 Å². The second-order valence-electron chi connectivity index (χ2n) is 9.02. The lowest BCUT2D eigenvalue weighted by Gasteiger charge is -2.31. The Morgan fingerprint density at radius 3 is 2.24 bits per heavy atom. The number of allylic oxidation sites excluding steroid dienone is 1. The first-order chi connectivity index (χ1) is 16.4. The third-order valence-electron chi connectivity index (χ3n) is 7.48. The number of pyridine rings is 2. The zero-order valence-corrected chi connectivity index (χ0v) is 18.3. The van der Waals surface area contributed by atoms with Crippen LogP contribution in [-0.4, -0.2) is 0 Å². The predicted molar refractivity (Wildman–Crippen MR) is 132 cm³/mol. The lowest BCUT2D eigenvalue weighted by atomic mass is 9.76. The van der Waals surface area contributed by atoms with Crippen LogP contribution in [0.5, 0.6) is 0 Å². The summed E-state index contributed by atoms with van der Waals surface area (Å²) in [7, 11) is 0. The van der Waals surface area contributed by atoms with Gasteiger partial charge in [0.15, 0.2) is 24.5 Å². The van der Waals surface area contributed by atoms with Gasteiger partial charge in [0.2, 0.25) is 11.4 Å². The van der Waals surface area contributed by atoms with Gasteiger partial charge >= 0.3 is 0 Å². The number of hydrogen-bond acceptors (Lipinski definition) is 0. The van der Waals surface area contributed by atoms with Crippen molar-refractivity contribution in [2.24, 2.45) is 0 Å². The van der Waals surface area contributed by atoms with E-state index in [9.17, 15) is 0 Å². The second-order valence-corrected chi connectivity index (χ2v) is 9.02. The van der Waals surface area contributed by atoms with Crippen LogP contribution in [-0.2, 0) is 0 Å². The number of nitrogens with zero attached hydrogens (tertiary/aromatic N) is 2. The third-order valence-corrected chi connectivity index (χ3v) is 7.48. The second kappa shape index (κ2) is 6.98. The van der Waals surface area contributed by atoms with Crippen molar-refractivity contribution in [3.63, 3.8) is 0 Å². The van der Waals surface area contributed by atoms with Gasteiger partial charge in [0, 0.05) is 23.8 Å². The van der Waals surface area contributed by atoms with Gasteiger partial charge < -0.3 is 0 Å². The average molecular weight is 425 g/mol. The molecule has 0 N–H and O–H groups in total. The van der Waals surface area contributed by atoms with Gasteiger partial charge in [0.05, 0.1) is 16.5 Å². The molecule has 0 saturated heterocycles. The summed E-state index contributed by atoms with van der Waals surface area (Å²) in [6, 6.07) is 35.6. The highest BCUT2D eigenvalue weighted by atomic mass is 15.1. The van der Waals surface area contributed by atoms with Crippen molar-refractivity contribution in [1.82, 2.24) is 0 Å². The summed E-state index contributed by atoms with van der Waals surface area (Å²) >= 11 is 0. The molecule has 0 radical (unpaired) electrons. The average Bonchev–Trinajstić information content (AvgIpc) is 3.21. The highest BCUT2D eigenvalue weighted by Gasteiger charge is 2.51. The van der Waals surface area contributed by atoms with Crippen LogP contribution < -0.4 is 9.13 Å². The van der Waals surface area contributed by atoms with E-state index >= 15 is 0 Å². The molecule has 0 fully saturated rings. The molecule has 7 rings (SSSR count). The van der Waals surface area contributed by atoms with Crippen molar-refractivity contribution in [1.29, 1.82) is 0 Å². The van der Waals surface area contributed by atoms with Gasteiger partial charge in [-0.2, -0.15) is 9.13 Å². The molecule has 3 unspecified atom stereocenters. The van der Waals surface area contributed by atoms with Crippen LogP contribution in [0.4, 0.5) is 0 Å². The molecule has 2 aliphatic rings. The topological polar surface area (TPSA) is 7.76 Å². The van der Waals surface area contributed by atoms with E-state index < -0.39 is 0 Å². The Bertz CT molecular complexity index is 1520. The minimum absolute atomic E-state index is 0.135. The fourth-order valence-electron chi connectivity index (χ4n) is 6.17. The van der Waals surface area contributed by atoms with Gasteiger partial charge in [-0.05, 0) is 41.3 Å². The van der Waals surface area contributed by atoms with Gasteiger partial charge in [0.1, 0.15) is 5.92 Å². The van der Waals surface area contributed by atoms with Crippen molar-refractivity contribution >= 4 is 10.8 Å². The minimum Gasteiger partial charge on any atom is -0.190 e. The first-order valence-corrected chi connectivity index (χ1v) is 11.6. The molecule has 3 atom stereocenters. The highest BCUT2D eigenvalue weighted by Crippen LogP contribution is 2.49. The minimum atomic E-state index is 0.135. The Hall–Kier alpha value is -4.04. The molecular formula is C31H24N2+2. The molecule has 156 valence electrons. The van der Waals surface area contributed by atoms with Gasteiger partial charge in [-0.3, -0.25) is 0 Å². The maximum atomic E-state index is 4.34. The summed E-state index contributed by atoms with van der Waals surface area (Å²) < 4.78 is 4.92. The molecule has 2 aliphatic heterocycles. The molecule has 0 amide bonds. The Balaban J connectivity index is 1.55. The fraction of sp³-hybridized carbons (Fsp3) is 0.0968. The van der Waals surface area contributed by atoms with Gasteiger partial charge in [0.25, 0.3) is 0 Å². The van der Waals surface area contributed by atoms with Crippen LogP contribution in [0.2, 0.25) is 0 Å². The van der Waals surface area contributed by atoms with Crippen LogP contribution in [0.3, 0.4) is 0 Å². The summed E-state index contributed by atoms with van der Waals surface area (Å²) in [5.74, 6) is 0.229. The fourth-order valence-corrected chi connectivity index (χ4v) is 6.17. The first-order valence-electron chi connectivity index (χ1n) is 11.6. The molecule has 33 heavy (non-hydrogen) atoms. The van der Waals surface area contributed by atoms with Crippen LogP contribution in [0.1, 0.15) is 29.1 Å². The smallest absolute Gasteiger partial charge is 0.190 e. The summed E-state index contributed by atoms with van der Waals surface area (Å²) in [5.41, 5.74) is 8.00. The molecule has 0 saturated carbocycles. The molecule has 5 aromatic rings. The molecule has 3 aromatic carbocycles. The van der Waals surface area contributed by atoms with E-state index in [-0.39, 0.29) is 18.0 Å². The Morgan fingerprint density at radius 1 is 0.636 bits per heavy atom. The van der Waals surface area contributed by atoms with Crippen molar-refractivity contribution in [2.75, 3.05) is 0 Å². The number of aromatic nitrogens is 2. The molecule has 0 aliphatic carbocycles. The normalized spacial score (nSPS) is 19.9. The Kier molecular flexibility index (Phi) is 3.92. The van der Waals surface area contributed by atoms with Crippen molar-refractivity contribution in [2.45, 2.75) is 18.0 Å². The van der Waals surface area contributed by atoms with Crippen molar-refractivity contribution < 1.29 is 9.13 Å². The summed E-state index contributed by atoms with van der Waals surface area (Å²) in [5, 5.41) is 2.56. The van der Waals surface area contributed by atoms with E-state index in [1.54, 1.807) is 0 Å². The number of fused-ring (bicyclic) bond motifs is 8. The lowest BCUT2D eigenvalue weighted by molar-refractivity contribution is -0.738. The van der Waals surface area contributed by atoms with Crippen molar-refractivity contribution in [3.05, 3.63) is 133 Å². The number of benzene rings is 3. The molecule has 2 nitrogen and oxygen atoms in total. The van der Waals surface area contributed by atoms with Crippen molar-refractivity contribution in [3.8, 4) is 22.5 Å². The zero-order valence-electron chi connectivity index (χ0n) is 18.3. The van der Waals surface area contributed by atoms with Crippen LogP contribution in [0.15, 0.2) is 122 Å². The molecule has 0 spiro atoms. The zero-order chi connectivity index (χ0) is 21.9. The standard InChI is InChI=1S/C31H24N2/c1-2-27-29(31-25-15-7-5-13-23(25)28-17-9-10-19-32(28)31)24-14-6-8-16-26(24)30-22-12-4-3-11-21(22)18-20-33(27)30/h2-20,27,29,31H,1H2/q+2. The largest absolute Gasteiger partial charge is 0.221 e. The van der Waals surface area contributed by atoms with E-state index in [1.807, 2.05) is 0 Å². The lowest BCUT2D eigenvalue weighted by Crippen LogP contribution is -2.52. The SMILES string of the molecule is C=CC1C(C2c3ccccc3-c3cccc[n+]32)c2ccccc2-c2c3ccccc3cc[n+]21. The van der Waals surface area contributed by atoms with E-state index in [2.05, 4.69) is 131 Å². The molecule has 2 heteroatoms. The third kappa shape index (κ3) is 2.49. The van der Waals surface area contributed by atoms with Crippen LogP contribution in [0.25, 0.3) is 33.3 Å². The van der Waals surface area contributed by atoms with Crippen LogP contribution >= 0.6 is 0 Å². The number of hydrogen-bond donors (Lipinski definition) is 0. The number of rotatable bonds is 2. The van der Waals surface area contributed by atoms with Gasteiger partial charge in [-0.15, -0.1) is 0 Å². The summed E-state index contributed by atoms with van der Waals surface area (Å²) in [4.78, 5) is 0. The van der Waals surface area contributed by atoms with Crippen LogP contribution in [0, 0.1) is 0 Å². The van der Waals surface area contributed by atoms with Gasteiger partial charge in [-0.25, -0.2) is 0 Å². The maximum absolute atomic E-state index is 4.34.